The van der Waals surface area contributed by atoms with Crippen molar-refractivity contribution >= 4 is 41.3 Å². The third-order valence-corrected chi connectivity index (χ3v) is 5.69. The summed E-state index contributed by atoms with van der Waals surface area (Å²) in [4.78, 5) is 12.8. The molecular formula is C19H28IN5S. The normalized spacial score (nSPS) is 21.2. The summed E-state index contributed by atoms with van der Waals surface area (Å²) in [5.41, 5.74) is 7.13. The Morgan fingerprint density at radius 2 is 2.27 bits per heavy atom. The quantitative estimate of drug-likeness (QED) is 0.375. The topological polar surface area (TPSA) is 66.5 Å². The summed E-state index contributed by atoms with van der Waals surface area (Å²) in [6.07, 6.45) is 5.10. The second kappa shape index (κ2) is 10.8. The molecule has 1 aliphatic rings. The molecule has 2 aromatic rings. The highest BCUT2D eigenvalue weighted by atomic mass is 127. The van der Waals surface area contributed by atoms with Crippen molar-refractivity contribution in [3.05, 3.63) is 52.5 Å². The van der Waals surface area contributed by atoms with Crippen molar-refractivity contribution in [1.82, 2.24) is 15.2 Å². The van der Waals surface area contributed by atoms with Crippen molar-refractivity contribution in [1.29, 1.82) is 0 Å². The molecule has 0 aromatic carbocycles. The zero-order valence-electron chi connectivity index (χ0n) is 15.2. The number of nitrogens with zero attached hydrogens (tertiary/aromatic N) is 3. The van der Waals surface area contributed by atoms with Crippen LogP contribution in [0.25, 0.3) is 0 Å². The summed E-state index contributed by atoms with van der Waals surface area (Å²) in [5.74, 6) is 1.06. The maximum Gasteiger partial charge on any atom is 0.188 e. The number of nitrogens with two attached hydrogens (primary N) is 1. The molecular weight excluding hydrogens is 457 g/mol. The number of rotatable bonds is 6. The Hall–Kier alpha value is -1.19. The van der Waals surface area contributed by atoms with Crippen LogP contribution in [-0.2, 0) is 6.42 Å². The molecule has 0 spiro atoms. The number of aromatic nitrogens is 1. The van der Waals surface area contributed by atoms with Gasteiger partial charge in [0.2, 0.25) is 0 Å². The second-order valence-corrected chi connectivity index (χ2v) is 7.55. The largest absolute Gasteiger partial charge is 0.370 e. The van der Waals surface area contributed by atoms with Gasteiger partial charge in [-0.1, -0.05) is 12.1 Å². The van der Waals surface area contributed by atoms with Gasteiger partial charge in [0, 0.05) is 42.3 Å². The first-order valence-electron chi connectivity index (χ1n) is 8.91. The van der Waals surface area contributed by atoms with E-state index >= 15 is 0 Å². The third kappa shape index (κ3) is 5.92. The van der Waals surface area contributed by atoms with Gasteiger partial charge in [0.15, 0.2) is 5.96 Å². The summed E-state index contributed by atoms with van der Waals surface area (Å²) < 4.78 is 0. The van der Waals surface area contributed by atoms with Crippen molar-refractivity contribution in [2.24, 2.45) is 16.6 Å². The fourth-order valence-corrected chi connectivity index (χ4v) is 4.48. The molecule has 1 aliphatic heterocycles. The van der Waals surface area contributed by atoms with Crippen molar-refractivity contribution in [3.63, 3.8) is 0 Å². The number of halogens is 1. The maximum atomic E-state index is 6.06. The second-order valence-electron chi connectivity index (χ2n) is 6.57. The lowest BCUT2D eigenvalue weighted by Gasteiger charge is -2.38. The fraction of sp³-hybridized carbons (Fsp3) is 0.474. The molecule has 1 saturated heterocycles. The number of thiophene rings is 1. The van der Waals surface area contributed by atoms with E-state index in [1.165, 1.54) is 17.7 Å². The van der Waals surface area contributed by atoms with Gasteiger partial charge in [0.1, 0.15) is 0 Å². The van der Waals surface area contributed by atoms with Crippen LogP contribution in [0, 0.1) is 5.92 Å². The number of pyridine rings is 1. The summed E-state index contributed by atoms with van der Waals surface area (Å²) in [6.45, 7) is 2.68. The molecule has 2 unspecified atom stereocenters. The Morgan fingerprint density at radius 3 is 3.00 bits per heavy atom. The van der Waals surface area contributed by atoms with E-state index in [0.717, 1.165) is 31.7 Å². The highest BCUT2D eigenvalue weighted by Gasteiger charge is 2.30. The first kappa shape index (κ1) is 21.1. The average Bonchev–Trinajstić information content (AvgIpc) is 3.15. The highest BCUT2D eigenvalue weighted by molar-refractivity contribution is 14.0. The van der Waals surface area contributed by atoms with Gasteiger partial charge < -0.3 is 11.1 Å². The average molecular weight is 485 g/mol. The molecule has 1 fully saturated rings. The number of piperidine rings is 1. The van der Waals surface area contributed by atoms with E-state index in [4.69, 9.17) is 5.73 Å². The van der Waals surface area contributed by atoms with Crippen LogP contribution in [-0.4, -0.2) is 42.5 Å². The van der Waals surface area contributed by atoms with Gasteiger partial charge in [-0.05, 0) is 55.9 Å². The number of aliphatic imine (C=N–C) groups is 1. The number of guanidine groups is 1. The number of likely N-dealkylation sites (tertiary alicyclic amines) is 1. The van der Waals surface area contributed by atoms with Crippen LogP contribution in [0.3, 0.4) is 0 Å². The molecule has 142 valence electrons. The lowest BCUT2D eigenvalue weighted by atomic mass is 9.88. The first-order valence-corrected chi connectivity index (χ1v) is 9.79. The molecule has 3 N–H and O–H groups in total. The zero-order chi connectivity index (χ0) is 17.5. The van der Waals surface area contributed by atoms with Gasteiger partial charge in [-0.3, -0.25) is 14.9 Å². The first-order chi connectivity index (χ1) is 12.2. The van der Waals surface area contributed by atoms with Crippen LogP contribution in [0.4, 0.5) is 0 Å². The van der Waals surface area contributed by atoms with Crippen LogP contribution in [0.15, 0.2) is 46.9 Å². The van der Waals surface area contributed by atoms with E-state index in [1.54, 1.807) is 0 Å². The lowest BCUT2D eigenvalue weighted by molar-refractivity contribution is 0.128. The number of hydrogen-bond donors (Lipinski definition) is 2. The summed E-state index contributed by atoms with van der Waals surface area (Å²) in [5, 5.41) is 5.37. The van der Waals surface area contributed by atoms with Crippen LogP contribution in [0.1, 0.15) is 29.5 Å². The summed E-state index contributed by atoms with van der Waals surface area (Å²) >= 11 is 1.84. The molecule has 26 heavy (non-hydrogen) atoms. The predicted octanol–water partition coefficient (Wildman–Crippen LogP) is 3.29. The number of nitrogens with one attached hydrogen (secondary N) is 1. The van der Waals surface area contributed by atoms with Crippen LogP contribution < -0.4 is 11.1 Å². The van der Waals surface area contributed by atoms with Crippen LogP contribution in [0.2, 0.25) is 0 Å². The van der Waals surface area contributed by atoms with Crippen molar-refractivity contribution in [2.75, 3.05) is 26.7 Å². The molecule has 0 radical (unpaired) electrons. The Kier molecular flexibility index (Phi) is 8.80. The minimum Gasteiger partial charge on any atom is -0.370 e. The molecule has 2 aromatic heterocycles. The smallest absolute Gasteiger partial charge is 0.188 e. The van der Waals surface area contributed by atoms with Gasteiger partial charge in [-0.25, -0.2) is 0 Å². The Labute approximate surface area is 177 Å². The van der Waals surface area contributed by atoms with Crippen molar-refractivity contribution < 1.29 is 0 Å². The van der Waals surface area contributed by atoms with E-state index in [1.807, 2.05) is 35.7 Å². The molecule has 3 heterocycles. The lowest BCUT2D eigenvalue weighted by Crippen LogP contribution is -2.38. The zero-order valence-corrected chi connectivity index (χ0v) is 18.3. The van der Waals surface area contributed by atoms with E-state index in [-0.39, 0.29) is 24.0 Å². The van der Waals surface area contributed by atoms with Gasteiger partial charge in [-0.2, -0.15) is 0 Å². The van der Waals surface area contributed by atoms with Crippen molar-refractivity contribution in [2.45, 2.75) is 25.3 Å². The van der Waals surface area contributed by atoms with Crippen LogP contribution in [0.5, 0.6) is 0 Å². The monoisotopic (exact) mass is 485 g/mol. The molecule has 3 rings (SSSR count). The Balaban J connectivity index is 0.00000243. The Bertz CT molecular complexity index is 662. The van der Waals surface area contributed by atoms with Crippen LogP contribution >= 0.6 is 35.3 Å². The SMILES string of the molecule is CN1CCCC(CN=C(N)NCCc2ccccn2)C1c1cccs1.I. The van der Waals surface area contributed by atoms with E-state index < -0.39 is 0 Å². The molecule has 0 aliphatic carbocycles. The van der Waals surface area contributed by atoms with Gasteiger partial charge in [-0.15, -0.1) is 35.3 Å². The van der Waals surface area contributed by atoms with Crippen molar-refractivity contribution in [3.8, 4) is 0 Å². The number of hydrogen-bond acceptors (Lipinski definition) is 4. The van der Waals surface area contributed by atoms with Gasteiger partial charge >= 0.3 is 0 Å². The molecule has 7 heteroatoms. The molecule has 0 amide bonds. The maximum absolute atomic E-state index is 6.06. The Morgan fingerprint density at radius 1 is 1.38 bits per heavy atom. The van der Waals surface area contributed by atoms with E-state index in [0.29, 0.717) is 17.9 Å². The molecule has 0 bridgehead atoms. The molecule has 0 saturated carbocycles. The van der Waals surface area contributed by atoms with E-state index in [9.17, 15) is 0 Å². The third-order valence-electron chi connectivity index (χ3n) is 4.75. The standard InChI is InChI=1S/C19H27N5S.HI/c1-24-12-4-6-15(18(24)17-8-5-13-25-17)14-23-19(20)22-11-9-16-7-2-3-10-21-16;/h2-3,5,7-8,10,13,15,18H,4,6,9,11-12,14H2,1H3,(H3,20,22,23);1H. The van der Waals surface area contributed by atoms with Gasteiger partial charge in [0.25, 0.3) is 0 Å². The highest BCUT2D eigenvalue weighted by Crippen LogP contribution is 2.37. The minimum absolute atomic E-state index is 0. The minimum atomic E-state index is 0. The summed E-state index contributed by atoms with van der Waals surface area (Å²) in [6, 6.07) is 10.8. The van der Waals surface area contributed by atoms with E-state index in [2.05, 4.69) is 44.8 Å². The molecule has 2 atom stereocenters. The predicted molar refractivity (Wildman–Crippen MR) is 120 cm³/mol. The van der Waals surface area contributed by atoms with Gasteiger partial charge in [0.05, 0.1) is 0 Å². The fourth-order valence-electron chi connectivity index (χ4n) is 3.50. The summed E-state index contributed by atoms with van der Waals surface area (Å²) in [7, 11) is 2.22. The molecule has 5 nitrogen and oxygen atoms in total.